The number of hydrogen-bond donors (Lipinski definition) is 3. The fourth-order valence-corrected chi connectivity index (χ4v) is 2.35. The van der Waals surface area contributed by atoms with Crippen molar-refractivity contribution in [1.29, 1.82) is 0 Å². The molecular formula is C16H22N4O3. The quantitative estimate of drug-likeness (QED) is 0.625. The minimum Gasteiger partial charge on any atom is -0.329 e. The minimum atomic E-state index is -0.383. The lowest BCUT2D eigenvalue weighted by atomic mass is 10.1. The lowest BCUT2D eigenvalue weighted by Crippen LogP contribution is -2.32. The molecule has 4 amide bonds. The molecule has 0 radical (unpaired) electrons. The van der Waals surface area contributed by atoms with Gasteiger partial charge in [-0.15, -0.1) is 0 Å². The smallest absolute Gasteiger partial charge is 0.324 e. The molecule has 0 atom stereocenters. The molecular weight excluding hydrogens is 296 g/mol. The van der Waals surface area contributed by atoms with E-state index < -0.39 is 0 Å². The monoisotopic (exact) mass is 318 g/mol. The van der Waals surface area contributed by atoms with Crippen molar-refractivity contribution in [2.45, 2.75) is 26.3 Å². The Morgan fingerprint density at radius 1 is 1.30 bits per heavy atom. The summed E-state index contributed by atoms with van der Waals surface area (Å²) in [4.78, 5) is 36.0. The van der Waals surface area contributed by atoms with Gasteiger partial charge in [-0.2, -0.15) is 0 Å². The molecule has 23 heavy (non-hydrogen) atoms. The van der Waals surface area contributed by atoms with E-state index in [9.17, 15) is 14.4 Å². The summed E-state index contributed by atoms with van der Waals surface area (Å²) in [6, 6.07) is 7.25. The van der Waals surface area contributed by atoms with E-state index in [1.807, 2.05) is 31.2 Å². The van der Waals surface area contributed by atoms with Crippen LogP contribution in [0.3, 0.4) is 0 Å². The molecule has 1 saturated heterocycles. The maximum Gasteiger partial charge on any atom is 0.324 e. The number of hydrogen-bond acceptors (Lipinski definition) is 4. The summed E-state index contributed by atoms with van der Waals surface area (Å²) >= 11 is 0. The lowest BCUT2D eigenvalue weighted by Gasteiger charge is -2.13. The first-order valence-corrected chi connectivity index (χ1v) is 7.78. The third-order valence-corrected chi connectivity index (χ3v) is 3.58. The van der Waals surface area contributed by atoms with Gasteiger partial charge in [0.2, 0.25) is 11.8 Å². The number of carbonyl (C=O) groups is 3. The van der Waals surface area contributed by atoms with Gasteiger partial charge in [0, 0.05) is 25.2 Å². The number of imide groups is 1. The Balaban J connectivity index is 1.81. The van der Waals surface area contributed by atoms with Gasteiger partial charge in [0.15, 0.2) is 0 Å². The number of benzene rings is 1. The van der Waals surface area contributed by atoms with Gasteiger partial charge in [-0.1, -0.05) is 25.1 Å². The summed E-state index contributed by atoms with van der Waals surface area (Å²) in [7, 11) is 0. The third-order valence-electron chi connectivity index (χ3n) is 3.58. The van der Waals surface area contributed by atoms with Gasteiger partial charge >= 0.3 is 6.03 Å². The van der Waals surface area contributed by atoms with Crippen LogP contribution in [0, 0.1) is 0 Å². The molecule has 7 nitrogen and oxygen atoms in total. The second-order valence-corrected chi connectivity index (χ2v) is 5.29. The van der Waals surface area contributed by atoms with E-state index in [-0.39, 0.29) is 37.4 Å². The third kappa shape index (κ3) is 4.79. The summed E-state index contributed by atoms with van der Waals surface area (Å²) in [5.74, 6) is -0.368. The minimum absolute atomic E-state index is 0.0445. The molecule has 7 heteroatoms. The van der Waals surface area contributed by atoms with Gasteiger partial charge in [0.05, 0.1) is 6.54 Å². The molecule has 124 valence electrons. The van der Waals surface area contributed by atoms with E-state index in [1.54, 1.807) is 0 Å². The van der Waals surface area contributed by atoms with E-state index in [1.165, 1.54) is 0 Å². The first-order valence-electron chi connectivity index (χ1n) is 7.78. The highest BCUT2D eigenvalue weighted by atomic mass is 16.2. The molecule has 0 bridgehead atoms. The Labute approximate surface area is 135 Å². The Hall–Kier alpha value is -2.41. The number of carbonyl (C=O) groups excluding carboxylic acids is 3. The van der Waals surface area contributed by atoms with Crippen molar-refractivity contribution in [3.8, 4) is 0 Å². The number of anilines is 1. The van der Waals surface area contributed by atoms with Crippen molar-refractivity contribution in [2.75, 3.05) is 25.0 Å². The number of para-hydroxylation sites is 1. The zero-order chi connectivity index (χ0) is 16.7. The molecule has 0 unspecified atom stereocenters. The highest BCUT2D eigenvalue weighted by molar-refractivity contribution is 6.02. The van der Waals surface area contributed by atoms with Crippen LogP contribution < -0.4 is 16.0 Å². The van der Waals surface area contributed by atoms with Gasteiger partial charge in [0.1, 0.15) is 0 Å². The summed E-state index contributed by atoms with van der Waals surface area (Å²) in [5, 5.41) is 8.57. The van der Waals surface area contributed by atoms with Crippen LogP contribution in [-0.2, 0) is 16.1 Å². The van der Waals surface area contributed by atoms with Crippen molar-refractivity contribution in [3.63, 3.8) is 0 Å². The highest BCUT2D eigenvalue weighted by Crippen LogP contribution is 2.15. The molecule has 1 aromatic rings. The van der Waals surface area contributed by atoms with E-state index in [2.05, 4.69) is 16.0 Å². The van der Waals surface area contributed by atoms with E-state index in [4.69, 9.17) is 0 Å². The van der Waals surface area contributed by atoms with Crippen molar-refractivity contribution in [3.05, 3.63) is 29.8 Å². The summed E-state index contributed by atoms with van der Waals surface area (Å²) in [5.41, 5.74) is 1.81. The van der Waals surface area contributed by atoms with Crippen molar-refractivity contribution >= 4 is 23.5 Å². The van der Waals surface area contributed by atoms with Gasteiger partial charge in [-0.3, -0.25) is 14.5 Å². The van der Waals surface area contributed by atoms with Crippen LogP contribution in [0.25, 0.3) is 0 Å². The predicted molar refractivity (Wildman–Crippen MR) is 86.8 cm³/mol. The average molecular weight is 318 g/mol. The SMILES string of the molecule is CCNCc1ccccc1NC(=O)CCCN1C(=O)CNC1=O. The number of amides is 4. The van der Waals surface area contributed by atoms with Crippen LogP contribution in [0.1, 0.15) is 25.3 Å². The van der Waals surface area contributed by atoms with Crippen LogP contribution in [0.4, 0.5) is 10.5 Å². The molecule has 1 aliphatic heterocycles. The molecule has 2 rings (SSSR count). The number of rotatable bonds is 8. The Bertz CT molecular complexity index is 572. The first-order chi connectivity index (χ1) is 11.1. The van der Waals surface area contributed by atoms with Gasteiger partial charge in [-0.05, 0) is 24.6 Å². The van der Waals surface area contributed by atoms with E-state index in [0.29, 0.717) is 13.0 Å². The van der Waals surface area contributed by atoms with Crippen molar-refractivity contribution in [2.24, 2.45) is 0 Å². The van der Waals surface area contributed by atoms with E-state index >= 15 is 0 Å². The maximum absolute atomic E-state index is 12.0. The Kier molecular flexibility index (Phi) is 6.10. The fourth-order valence-electron chi connectivity index (χ4n) is 2.35. The van der Waals surface area contributed by atoms with Gasteiger partial charge in [0.25, 0.3) is 0 Å². The van der Waals surface area contributed by atoms with Gasteiger partial charge in [-0.25, -0.2) is 4.79 Å². The second kappa shape index (κ2) is 8.28. The van der Waals surface area contributed by atoms with Crippen LogP contribution in [-0.4, -0.2) is 42.4 Å². The Morgan fingerprint density at radius 3 is 2.78 bits per heavy atom. The molecule has 1 aromatic carbocycles. The molecule has 0 spiro atoms. The standard InChI is InChI=1S/C16H22N4O3/c1-2-17-10-12-6-3-4-7-13(12)19-14(21)8-5-9-20-15(22)11-18-16(20)23/h3-4,6-7,17H,2,5,8-11H2,1H3,(H,18,23)(H,19,21). The fraction of sp³-hybridized carbons (Fsp3) is 0.438. The molecule has 1 heterocycles. The number of urea groups is 1. The van der Waals surface area contributed by atoms with Gasteiger partial charge < -0.3 is 16.0 Å². The lowest BCUT2D eigenvalue weighted by molar-refractivity contribution is -0.125. The van der Waals surface area contributed by atoms with Crippen molar-refractivity contribution < 1.29 is 14.4 Å². The predicted octanol–water partition coefficient (Wildman–Crippen LogP) is 1.07. The van der Waals surface area contributed by atoms with Crippen LogP contribution >= 0.6 is 0 Å². The molecule has 0 saturated carbocycles. The summed E-state index contributed by atoms with van der Waals surface area (Å²) in [6.07, 6.45) is 0.701. The summed E-state index contributed by atoms with van der Waals surface area (Å²) < 4.78 is 0. The zero-order valence-corrected chi connectivity index (χ0v) is 13.2. The first kappa shape index (κ1) is 17.0. The molecule has 1 fully saturated rings. The normalized spacial score (nSPS) is 14.0. The molecule has 3 N–H and O–H groups in total. The van der Waals surface area contributed by atoms with E-state index in [0.717, 1.165) is 22.7 Å². The number of nitrogens with one attached hydrogen (secondary N) is 3. The van der Waals surface area contributed by atoms with Crippen LogP contribution in [0.2, 0.25) is 0 Å². The van der Waals surface area contributed by atoms with Crippen molar-refractivity contribution in [1.82, 2.24) is 15.5 Å². The average Bonchev–Trinajstić information content (AvgIpc) is 2.86. The Morgan fingerprint density at radius 2 is 2.09 bits per heavy atom. The maximum atomic E-state index is 12.0. The van der Waals surface area contributed by atoms with Crippen LogP contribution in [0.15, 0.2) is 24.3 Å². The molecule has 0 aromatic heterocycles. The summed E-state index contributed by atoms with van der Waals surface area (Å²) in [6.45, 7) is 3.88. The van der Waals surface area contributed by atoms with Crippen LogP contribution in [0.5, 0.6) is 0 Å². The number of nitrogens with zero attached hydrogens (tertiary/aromatic N) is 1. The zero-order valence-electron chi connectivity index (χ0n) is 13.2. The topological polar surface area (TPSA) is 90.5 Å². The largest absolute Gasteiger partial charge is 0.329 e. The molecule has 0 aliphatic carbocycles. The second-order valence-electron chi connectivity index (χ2n) is 5.29. The molecule has 1 aliphatic rings. The highest BCUT2D eigenvalue weighted by Gasteiger charge is 2.27.